The smallest absolute Gasteiger partial charge is 0.136 e. The Hall–Kier alpha value is -0.840. The van der Waals surface area contributed by atoms with Crippen LogP contribution in [0.1, 0.15) is 57.8 Å². The lowest BCUT2D eigenvalue weighted by molar-refractivity contribution is -0.123. The van der Waals surface area contributed by atoms with E-state index in [4.69, 9.17) is 23.2 Å². The number of ketones is 1. The molecule has 1 saturated carbocycles. The molecule has 2 fully saturated rings. The van der Waals surface area contributed by atoms with Crippen molar-refractivity contribution < 1.29 is 4.79 Å². The second-order valence-electron chi connectivity index (χ2n) is 7.99. The summed E-state index contributed by atoms with van der Waals surface area (Å²) in [7, 11) is 0. The van der Waals surface area contributed by atoms with Crippen molar-refractivity contribution in [2.24, 2.45) is 11.8 Å². The molecule has 0 spiro atoms. The van der Waals surface area contributed by atoms with Crippen LogP contribution in [0.15, 0.2) is 12.4 Å². The molecule has 4 nitrogen and oxygen atoms in total. The summed E-state index contributed by atoms with van der Waals surface area (Å²) < 4.78 is 0. The van der Waals surface area contributed by atoms with Gasteiger partial charge in [0.25, 0.3) is 0 Å². The van der Waals surface area contributed by atoms with Gasteiger partial charge in [0.05, 0.1) is 15.7 Å². The Labute approximate surface area is 173 Å². The molecule has 2 aliphatic rings. The van der Waals surface area contributed by atoms with Crippen LogP contribution in [0.4, 0.5) is 5.69 Å². The minimum atomic E-state index is 0.180. The zero-order chi connectivity index (χ0) is 19.1. The largest absolute Gasteiger partial charge is 0.369 e. The first-order valence-electron chi connectivity index (χ1n) is 10.4. The fraction of sp³-hybridized carbons (Fsp3) is 0.714. The lowest BCUT2D eigenvalue weighted by Gasteiger charge is -2.34. The molecule has 1 aromatic rings. The van der Waals surface area contributed by atoms with E-state index < -0.39 is 0 Å². The summed E-state index contributed by atoms with van der Waals surface area (Å²) in [5.74, 6) is 1.45. The maximum Gasteiger partial charge on any atom is 0.136 e. The highest BCUT2D eigenvalue weighted by atomic mass is 35.5. The van der Waals surface area contributed by atoms with Gasteiger partial charge in [0.15, 0.2) is 0 Å². The van der Waals surface area contributed by atoms with Crippen molar-refractivity contribution >= 4 is 34.7 Å². The minimum Gasteiger partial charge on any atom is -0.369 e. The number of hydrogen-bond donors (Lipinski definition) is 1. The van der Waals surface area contributed by atoms with Gasteiger partial charge in [-0.2, -0.15) is 0 Å². The predicted molar refractivity (Wildman–Crippen MR) is 113 cm³/mol. The average molecular weight is 412 g/mol. The molecule has 6 heteroatoms. The highest BCUT2D eigenvalue weighted by Gasteiger charge is 2.26. The molecule has 0 radical (unpaired) electrons. The van der Waals surface area contributed by atoms with Crippen LogP contribution in [-0.4, -0.2) is 36.9 Å². The Bertz CT molecular complexity index is 591. The molecule has 0 atom stereocenters. The summed E-state index contributed by atoms with van der Waals surface area (Å²) in [4.78, 5) is 18.7. The van der Waals surface area contributed by atoms with Crippen LogP contribution in [0.5, 0.6) is 0 Å². The van der Waals surface area contributed by atoms with Gasteiger partial charge in [-0.3, -0.25) is 9.78 Å². The van der Waals surface area contributed by atoms with Crippen molar-refractivity contribution in [2.45, 2.75) is 57.8 Å². The molecule has 1 aromatic heterocycles. The molecule has 2 heterocycles. The molecule has 150 valence electrons. The Morgan fingerprint density at radius 3 is 2.41 bits per heavy atom. The third kappa shape index (κ3) is 6.07. The van der Waals surface area contributed by atoms with E-state index in [1.54, 1.807) is 12.4 Å². The maximum absolute atomic E-state index is 12.5. The summed E-state index contributed by atoms with van der Waals surface area (Å²) in [6, 6.07) is 0. The molecule has 0 unspecified atom stereocenters. The number of carbonyl (C=O) groups is 1. The predicted octanol–water partition coefficient (Wildman–Crippen LogP) is 5.12. The van der Waals surface area contributed by atoms with E-state index >= 15 is 0 Å². The monoisotopic (exact) mass is 411 g/mol. The van der Waals surface area contributed by atoms with E-state index in [0.717, 1.165) is 57.0 Å². The first-order valence-corrected chi connectivity index (χ1v) is 11.2. The van der Waals surface area contributed by atoms with Crippen molar-refractivity contribution in [1.82, 2.24) is 10.3 Å². The Balaban J connectivity index is 1.34. The number of piperidine rings is 1. The summed E-state index contributed by atoms with van der Waals surface area (Å²) in [5, 5.41) is 4.72. The second kappa shape index (κ2) is 10.6. The molecule has 27 heavy (non-hydrogen) atoms. The van der Waals surface area contributed by atoms with Crippen LogP contribution >= 0.6 is 23.2 Å². The van der Waals surface area contributed by atoms with Crippen LogP contribution in [0.25, 0.3) is 0 Å². The zero-order valence-electron chi connectivity index (χ0n) is 16.1. The fourth-order valence-electron chi connectivity index (χ4n) is 4.42. The normalized spacial score (nSPS) is 19.4. The first-order chi connectivity index (χ1) is 13.1. The van der Waals surface area contributed by atoms with Gasteiger partial charge in [-0.05, 0) is 51.1 Å². The number of anilines is 1. The third-order valence-electron chi connectivity index (χ3n) is 6.03. The Morgan fingerprint density at radius 1 is 1.07 bits per heavy atom. The summed E-state index contributed by atoms with van der Waals surface area (Å²) in [5.41, 5.74) is 0.853. The summed E-state index contributed by atoms with van der Waals surface area (Å²) >= 11 is 12.5. The van der Waals surface area contributed by atoms with E-state index in [1.165, 1.54) is 32.1 Å². The molecule has 0 amide bonds. The number of nitrogens with zero attached hydrogens (tertiary/aromatic N) is 2. The highest BCUT2D eigenvalue weighted by Crippen LogP contribution is 2.35. The van der Waals surface area contributed by atoms with Gasteiger partial charge in [0, 0.05) is 37.8 Å². The number of Topliss-reactive ketones (excluding diaryl/α,β-unsaturated/α-hetero) is 1. The molecular weight excluding hydrogens is 381 g/mol. The average Bonchev–Trinajstić information content (AvgIpc) is 2.69. The van der Waals surface area contributed by atoms with E-state index in [1.807, 2.05) is 0 Å². The maximum atomic E-state index is 12.5. The number of nitrogens with one attached hydrogen (secondary N) is 1. The zero-order valence-corrected chi connectivity index (χ0v) is 17.6. The molecule has 1 N–H and O–H groups in total. The lowest BCUT2D eigenvalue weighted by Crippen LogP contribution is -2.37. The van der Waals surface area contributed by atoms with Crippen LogP contribution in [0.2, 0.25) is 10.0 Å². The van der Waals surface area contributed by atoms with E-state index in [-0.39, 0.29) is 5.92 Å². The SMILES string of the molecule is O=C(CCCNCC1CCCCC1)C1CCN(c2c(Cl)cncc2Cl)CC1. The van der Waals surface area contributed by atoms with E-state index in [0.29, 0.717) is 22.2 Å². The Morgan fingerprint density at radius 2 is 1.74 bits per heavy atom. The van der Waals surface area contributed by atoms with Gasteiger partial charge in [-0.1, -0.05) is 42.5 Å². The van der Waals surface area contributed by atoms with Crippen molar-refractivity contribution in [3.05, 3.63) is 22.4 Å². The van der Waals surface area contributed by atoms with E-state index in [2.05, 4.69) is 15.2 Å². The minimum absolute atomic E-state index is 0.180. The van der Waals surface area contributed by atoms with Crippen molar-refractivity contribution in [1.29, 1.82) is 0 Å². The van der Waals surface area contributed by atoms with Crippen LogP contribution in [0.3, 0.4) is 0 Å². The van der Waals surface area contributed by atoms with Gasteiger partial charge < -0.3 is 10.2 Å². The van der Waals surface area contributed by atoms with Gasteiger partial charge >= 0.3 is 0 Å². The number of aromatic nitrogens is 1. The van der Waals surface area contributed by atoms with Gasteiger partial charge in [0.1, 0.15) is 5.78 Å². The van der Waals surface area contributed by atoms with Crippen LogP contribution in [-0.2, 0) is 4.79 Å². The number of rotatable bonds is 8. The number of halogens is 2. The summed E-state index contributed by atoms with van der Waals surface area (Å²) in [6.45, 7) is 3.73. The molecule has 0 aromatic carbocycles. The molecule has 0 bridgehead atoms. The molecule has 1 aliphatic carbocycles. The Kier molecular flexibility index (Phi) is 8.23. The third-order valence-corrected chi connectivity index (χ3v) is 6.58. The summed E-state index contributed by atoms with van der Waals surface area (Å²) in [6.07, 6.45) is 13.6. The number of pyridine rings is 1. The number of carbonyl (C=O) groups excluding carboxylic acids is 1. The quantitative estimate of drug-likeness (QED) is 0.602. The molecular formula is C21H31Cl2N3O. The van der Waals surface area contributed by atoms with Gasteiger partial charge in [0.2, 0.25) is 0 Å². The topological polar surface area (TPSA) is 45.2 Å². The van der Waals surface area contributed by atoms with Gasteiger partial charge in [-0.25, -0.2) is 0 Å². The van der Waals surface area contributed by atoms with Crippen LogP contribution < -0.4 is 10.2 Å². The molecule has 1 aliphatic heterocycles. The van der Waals surface area contributed by atoms with Crippen molar-refractivity contribution in [3.63, 3.8) is 0 Å². The van der Waals surface area contributed by atoms with Gasteiger partial charge in [-0.15, -0.1) is 0 Å². The number of hydrogen-bond acceptors (Lipinski definition) is 4. The van der Waals surface area contributed by atoms with Crippen LogP contribution in [0, 0.1) is 11.8 Å². The second-order valence-corrected chi connectivity index (χ2v) is 8.81. The van der Waals surface area contributed by atoms with E-state index in [9.17, 15) is 4.79 Å². The van der Waals surface area contributed by atoms with Crippen molar-refractivity contribution in [2.75, 3.05) is 31.1 Å². The molecule has 1 saturated heterocycles. The first kappa shape index (κ1) is 20.9. The standard InChI is InChI=1S/C21H31Cl2N3O/c22-18-14-25-15-19(23)21(18)26-11-8-17(9-12-26)20(27)7-4-10-24-13-16-5-2-1-3-6-16/h14-17,24H,1-13H2. The van der Waals surface area contributed by atoms with Crippen molar-refractivity contribution in [3.8, 4) is 0 Å². The molecule has 3 rings (SSSR count). The lowest BCUT2D eigenvalue weighted by atomic mass is 9.89. The highest BCUT2D eigenvalue weighted by molar-refractivity contribution is 6.38. The fourth-order valence-corrected chi connectivity index (χ4v) is 5.02.